The van der Waals surface area contributed by atoms with Crippen LogP contribution < -0.4 is 0 Å². The third-order valence-corrected chi connectivity index (χ3v) is 6.40. The van der Waals surface area contributed by atoms with E-state index in [1.807, 2.05) is 36.1 Å². The van der Waals surface area contributed by atoms with Crippen LogP contribution >= 0.6 is 11.3 Å². The topological polar surface area (TPSA) is 42.4 Å². The molecule has 0 bridgehead atoms. The van der Waals surface area contributed by atoms with Gasteiger partial charge in [-0.1, -0.05) is 24.3 Å². The lowest BCUT2D eigenvalue weighted by molar-refractivity contribution is -0.132. The van der Waals surface area contributed by atoms with Crippen molar-refractivity contribution in [3.05, 3.63) is 63.5 Å². The predicted octanol–water partition coefficient (Wildman–Crippen LogP) is 4.66. The van der Waals surface area contributed by atoms with Crippen LogP contribution in [0, 0.1) is 13.8 Å². The number of thiophene rings is 1. The molecule has 0 aliphatic carbocycles. The molecule has 5 heteroatoms. The number of aryl methyl sites for hydroxylation is 2. The lowest BCUT2D eigenvalue weighted by Crippen LogP contribution is -2.37. The normalized spacial score (nSPS) is 16.6. The summed E-state index contributed by atoms with van der Waals surface area (Å²) in [5.74, 6) is 0.146. The van der Waals surface area contributed by atoms with Gasteiger partial charge in [-0.15, -0.1) is 11.3 Å². The van der Waals surface area contributed by atoms with Gasteiger partial charge in [-0.05, 0) is 55.3 Å². The number of carbonyl (C=O) groups excluding carboxylic acids is 1. The van der Waals surface area contributed by atoms with Gasteiger partial charge in [0.15, 0.2) is 0 Å². The fourth-order valence-corrected chi connectivity index (χ4v) is 4.69. The van der Waals surface area contributed by atoms with Crippen molar-refractivity contribution in [3.63, 3.8) is 0 Å². The summed E-state index contributed by atoms with van der Waals surface area (Å²) in [4.78, 5) is 21.2. The number of para-hydroxylation sites is 1. The van der Waals surface area contributed by atoms with Gasteiger partial charge in [0.2, 0.25) is 5.91 Å². The minimum Gasteiger partial charge on any atom is -0.376 e. The zero-order valence-corrected chi connectivity index (χ0v) is 17.3. The second kappa shape index (κ2) is 8.41. The van der Waals surface area contributed by atoms with E-state index in [4.69, 9.17) is 9.72 Å². The molecule has 0 spiro atoms. The molecule has 1 aromatic carbocycles. The zero-order chi connectivity index (χ0) is 19.5. The van der Waals surface area contributed by atoms with E-state index in [1.165, 1.54) is 4.88 Å². The molecule has 0 N–H and O–H groups in total. The van der Waals surface area contributed by atoms with Gasteiger partial charge in [0.25, 0.3) is 0 Å². The molecule has 1 atom stereocenters. The molecular weight excluding hydrogens is 368 g/mol. The van der Waals surface area contributed by atoms with E-state index in [-0.39, 0.29) is 12.0 Å². The first-order valence-electron chi connectivity index (χ1n) is 9.88. The number of carbonyl (C=O) groups is 1. The highest BCUT2D eigenvalue weighted by Crippen LogP contribution is 2.24. The Kier molecular flexibility index (Phi) is 5.74. The molecule has 1 aliphatic heterocycles. The van der Waals surface area contributed by atoms with E-state index in [9.17, 15) is 4.79 Å². The quantitative estimate of drug-likeness (QED) is 0.610. The highest BCUT2D eigenvalue weighted by molar-refractivity contribution is 7.09. The fraction of sp³-hybridized carbons (Fsp3) is 0.391. The molecule has 3 heterocycles. The number of rotatable bonds is 6. The Morgan fingerprint density at radius 2 is 2.11 bits per heavy atom. The van der Waals surface area contributed by atoms with Crippen LogP contribution in [0.2, 0.25) is 0 Å². The van der Waals surface area contributed by atoms with Crippen LogP contribution in [0.1, 0.15) is 34.5 Å². The van der Waals surface area contributed by atoms with Gasteiger partial charge in [0.05, 0.1) is 24.6 Å². The molecule has 1 aliphatic rings. The lowest BCUT2D eigenvalue weighted by atomic mass is 9.99. The summed E-state index contributed by atoms with van der Waals surface area (Å²) in [5, 5.41) is 3.19. The molecule has 2 aromatic heterocycles. The molecule has 1 amide bonds. The maximum Gasteiger partial charge on any atom is 0.227 e. The Labute approximate surface area is 170 Å². The van der Waals surface area contributed by atoms with E-state index >= 15 is 0 Å². The van der Waals surface area contributed by atoms with Crippen LogP contribution in [0.4, 0.5) is 0 Å². The molecule has 28 heavy (non-hydrogen) atoms. The number of fused-ring (bicyclic) bond motifs is 1. The summed E-state index contributed by atoms with van der Waals surface area (Å²) >= 11 is 1.69. The number of pyridine rings is 1. The molecule has 0 saturated carbocycles. The van der Waals surface area contributed by atoms with Crippen molar-refractivity contribution in [1.82, 2.24) is 9.88 Å². The van der Waals surface area contributed by atoms with Crippen molar-refractivity contribution in [2.24, 2.45) is 0 Å². The Hall–Kier alpha value is -2.24. The van der Waals surface area contributed by atoms with Crippen LogP contribution in [-0.4, -0.2) is 35.0 Å². The van der Waals surface area contributed by atoms with Gasteiger partial charge in [-0.3, -0.25) is 9.78 Å². The summed E-state index contributed by atoms with van der Waals surface area (Å²) in [6.07, 6.45) is 2.65. The highest BCUT2D eigenvalue weighted by Gasteiger charge is 2.24. The van der Waals surface area contributed by atoms with Crippen LogP contribution in [-0.2, 0) is 22.5 Å². The second-order valence-electron chi connectivity index (χ2n) is 7.48. The SMILES string of the molecule is Cc1nc2ccccc2c(C)c1CC(=O)N(Cc1cccs1)CC1CCCO1. The third kappa shape index (κ3) is 4.10. The van der Waals surface area contributed by atoms with Gasteiger partial charge in [-0.25, -0.2) is 0 Å². The van der Waals surface area contributed by atoms with Crippen molar-refractivity contribution in [2.75, 3.05) is 13.2 Å². The minimum absolute atomic E-state index is 0.146. The summed E-state index contributed by atoms with van der Waals surface area (Å²) in [7, 11) is 0. The third-order valence-electron chi connectivity index (χ3n) is 5.54. The number of benzene rings is 1. The Morgan fingerprint density at radius 3 is 2.86 bits per heavy atom. The molecular formula is C23H26N2O2S. The second-order valence-corrected chi connectivity index (χ2v) is 8.52. The van der Waals surface area contributed by atoms with E-state index in [0.717, 1.165) is 47.2 Å². The van der Waals surface area contributed by atoms with Crippen LogP contribution in [0.5, 0.6) is 0 Å². The number of amides is 1. The Morgan fingerprint density at radius 1 is 1.25 bits per heavy atom. The first-order valence-corrected chi connectivity index (χ1v) is 10.8. The fourth-order valence-electron chi connectivity index (χ4n) is 3.97. The largest absolute Gasteiger partial charge is 0.376 e. The maximum absolute atomic E-state index is 13.3. The van der Waals surface area contributed by atoms with E-state index < -0.39 is 0 Å². The van der Waals surface area contributed by atoms with Crippen molar-refractivity contribution >= 4 is 28.1 Å². The van der Waals surface area contributed by atoms with Gasteiger partial charge in [0.1, 0.15) is 0 Å². The minimum atomic E-state index is 0.146. The average Bonchev–Trinajstić information content (AvgIpc) is 3.38. The van der Waals surface area contributed by atoms with Crippen LogP contribution in [0.15, 0.2) is 41.8 Å². The number of nitrogens with zero attached hydrogens (tertiary/aromatic N) is 2. The van der Waals surface area contributed by atoms with Crippen molar-refractivity contribution in [3.8, 4) is 0 Å². The highest BCUT2D eigenvalue weighted by atomic mass is 32.1. The van der Waals surface area contributed by atoms with Crippen LogP contribution in [0.25, 0.3) is 10.9 Å². The Balaban J connectivity index is 1.59. The summed E-state index contributed by atoms with van der Waals surface area (Å²) in [5.41, 5.74) is 4.14. The van der Waals surface area contributed by atoms with Gasteiger partial charge in [-0.2, -0.15) is 0 Å². The van der Waals surface area contributed by atoms with E-state index in [2.05, 4.69) is 24.4 Å². The summed E-state index contributed by atoms with van der Waals surface area (Å²) in [6.45, 7) is 6.22. The summed E-state index contributed by atoms with van der Waals surface area (Å²) in [6, 6.07) is 12.3. The standard InChI is InChI=1S/C23H26N2O2S/c1-16-20-9-3-4-10-22(20)24-17(2)21(16)13-23(26)25(14-18-7-5-11-27-18)15-19-8-6-12-28-19/h3-4,6,8-10,12,18H,5,7,11,13-15H2,1-2H3. The number of aromatic nitrogens is 1. The van der Waals surface area contributed by atoms with E-state index in [1.54, 1.807) is 11.3 Å². The molecule has 4 nitrogen and oxygen atoms in total. The van der Waals surface area contributed by atoms with Crippen molar-refractivity contribution < 1.29 is 9.53 Å². The monoisotopic (exact) mass is 394 g/mol. The number of hydrogen-bond donors (Lipinski definition) is 0. The van der Waals surface area contributed by atoms with E-state index in [0.29, 0.717) is 19.5 Å². The average molecular weight is 395 g/mol. The number of hydrogen-bond acceptors (Lipinski definition) is 4. The first-order chi connectivity index (χ1) is 13.6. The molecule has 1 unspecified atom stereocenters. The molecule has 1 saturated heterocycles. The maximum atomic E-state index is 13.3. The smallest absolute Gasteiger partial charge is 0.227 e. The van der Waals surface area contributed by atoms with Gasteiger partial charge < -0.3 is 9.64 Å². The molecule has 146 valence electrons. The predicted molar refractivity (Wildman–Crippen MR) is 114 cm³/mol. The molecule has 0 radical (unpaired) electrons. The lowest BCUT2D eigenvalue weighted by Gasteiger charge is -2.26. The first kappa shape index (κ1) is 19.1. The van der Waals surface area contributed by atoms with Gasteiger partial charge in [0, 0.05) is 29.1 Å². The van der Waals surface area contributed by atoms with Crippen LogP contribution in [0.3, 0.4) is 0 Å². The Bertz CT molecular complexity index is 962. The molecule has 4 rings (SSSR count). The zero-order valence-electron chi connectivity index (χ0n) is 16.5. The summed E-state index contributed by atoms with van der Waals surface area (Å²) < 4.78 is 5.81. The molecule has 1 fully saturated rings. The number of ether oxygens (including phenoxy) is 1. The molecule has 3 aromatic rings. The van der Waals surface area contributed by atoms with Crippen molar-refractivity contribution in [1.29, 1.82) is 0 Å². The van der Waals surface area contributed by atoms with Gasteiger partial charge >= 0.3 is 0 Å². The van der Waals surface area contributed by atoms with Crippen molar-refractivity contribution in [2.45, 2.75) is 45.8 Å².